The van der Waals surface area contributed by atoms with Gasteiger partial charge in [0.25, 0.3) is 0 Å². The van der Waals surface area contributed by atoms with Crippen LogP contribution in [0, 0.1) is 0 Å². The second kappa shape index (κ2) is 18.5. The molecule has 218 valence electrons. The first-order valence-electron chi connectivity index (χ1n) is 14.4. The maximum atomic E-state index is 13.2. The number of unbranched alkanes of at least 4 members (excludes halogenated alkanes) is 2. The zero-order chi connectivity index (χ0) is 29.3. The standard InChI is InChI=1S/C16H18F3N3.C9H13N.C5H12.C2H6/c1-20-14-11-7-3-5-9-13(11)21-15(22-14)10-6-2-4-8-12(10)16(17,18)19;1-8(10-2)9-6-4-3-5-7-9;1-3-5-4-2;1-2/h2,4,6,8,15,21H,3,5,7,9H2,1H3,(H,20,22);3-8,10H,1-2H3;3-5H2,1-2H3;1-2H3. The minimum Gasteiger partial charge on any atom is -0.365 e. The van der Waals surface area contributed by atoms with E-state index in [-0.39, 0.29) is 5.56 Å². The Labute approximate surface area is 234 Å². The average molecular weight is 547 g/mol. The van der Waals surface area contributed by atoms with Crippen molar-refractivity contribution < 1.29 is 13.2 Å². The number of nitrogens with zero attached hydrogens (tertiary/aromatic N) is 1. The lowest BCUT2D eigenvalue weighted by molar-refractivity contribution is -0.138. The minimum atomic E-state index is -4.37. The van der Waals surface area contributed by atoms with Crippen LogP contribution >= 0.6 is 0 Å². The van der Waals surface area contributed by atoms with E-state index < -0.39 is 17.9 Å². The van der Waals surface area contributed by atoms with Crippen LogP contribution in [0.25, 0.3) is 0 Å². The first kappa shape index (κ1) is 34.2. The second-order valence-corrected chi connectivity index (χ2v) is 9.32. The van der Waals surface area contributed by atoms with Gasteiger partial charge in [0, 0.05) is 29.9 Å². The lowest BCUT2D eigenvalue weighted by atomic mass is 9.92. The summed E-state index contributed by atoms with van der Waals surface area (Å²) < 4.78 is 39.7. The molecule has 0 spiro atoms. The molecule has 0 saturated carbocycles. The van der Waals surface area contributed by atoms with E-state index in [2.05, 4.69) is 66.0 Å². The van der Waals surface area contributed by atoms with Crippen LogP contribution in [0.4, 0.5) is 13.2 Å². The van der Waals surface area contributed by atoms with Gasteiger partial charge in [-0.15, -0.1) is 0 Å². The number of hydrogen-bond donors (Lipinski definition) is 3. The first-order valence-corrected chi connectivity index (χ1v) is 14.4. The molecule has 1 aliphatic heterocycles. The fraction of sp³-hybridized carbons (Fsp3) is 0.531. The minimum absolute atomic E-state index is 0.202. The summed E-state index contributed by atoms with van der Waals surface area (Å²) in [6.45, 7) is 10.6. The van der Waals surface area contributed by atoms with Crippen LogP contribution in [0.2, 0.25) is 0 Å². The van der Waals surface area contributed by atoms with Crippen molar-refractivity contribution in [3.63, 3.8) is 0 Å². The van der Waals surface area contributed by atoms with Crippen molar-refractivity contribution in [3.05, 3.63) is 82.6 Å². The van der Waals surface area contributed by atoms with Gasteiger partial charge in [0.1, 0.15) is 12.0 Å². The van der Waals surface area contributed by atoms with Gasteiger partial charge in [0.05, 0.1) is 5.56 Å². The van der Waals surface area contributed by atoms with Gasteiger partial charge < -0.3 is 16.0 Å². The molecule has 0 bridgehead atoms. The van der Waals surface area contributed by atoms with Crippen LogP contribution in [0.15, 0.2) is 70.9 Å². The Kier molecular flexibility index (Phi) is 16.2. The molecule has 2 atom stereocenters. The molecular weight excluding hydrogens is 497 g/mol. The third-order valence-corrected chi connectivity index (χ3v) is 6.59. The molecule has 2 unspecified atom stereocenters. The first-order chi connectivity index (χ1) is 18.8. The van der Waals surface area contributed by atoms with Gasteiger partial charge in [-0.05, 0) is 51.3 Å². The monoisotopic (exact) mass is 546 g/mol. The van der Waals surface area contributed by atoms with Gasteiger partial charge in [0.2, 0.25) is 0 Å². The number of aliphatic imine (C=N–C) groups is 1. The summed E-state index contributed by atoms with van der Waals surface area (Å²) in [6.07, 6.45) is 3.02. The molecule has 0 radical (unpaired) electrons. The number of amidine groups is 1. The molecule has 1 heterocycles. The number of halogens is 3. The van der Waals surface area contributed by atoms with Gasteiger partial charge in [-0.3, -0.25) is 4.99 Å². The molecule has 7 heteroatoms. The highest BCUT2D eigenvalue weighted by Crippen LogP contribution is 2.36. The Bertz CT molecular complexity index is 998. The number of hydrogen-bond acceptors (Lipinski definition) is 3. The summed E-state index contributed by atoms with van der Waals surface area (Å²) in [5, 5.41) is 9.53. The van der Waals surface area contributed by atoms with Crippen LogP contribution in [0.1, 0.15) is 108 Å². The third-order valence-electron chi connectivity index (χ3n) is 6.59. The van der Waals surface area contributed by atoms with Crippen LogP contribution in [-0.4, -0.2) is 19.9 Å². The third kappa shape index (κ3) is 11.1. The van der Waals surface area contributed by atoms with Crippen LogP contribution in [0.3, 0.4) is 0 Å². The lowest BCUT2D eigenvalue weighted by Crippen LogP contribution is -2.45. The van der Waals surface area contributed by atoms with Gasteiger partial charge >= 0.3 is 6.18 Å². The molecule has 1 aliphatic carbocycles. The second-order valence-electron chi connectivity index (χ2n) is 9.32. The average Bonchev–Trinajstić information content (AvgIpc) is 2.98. The molecule has 0 saturated heterocycles. The highest BCUT2D eigenvalue weighted by atomic mass is 19.4. The van der Waals surface area contributed by atoms with Crippen molar-refractivity contribution in [2.75, 3.05) is 14.1 Å². The van der Waals surface area contributed by atoms with Crippen molar-refractivity contribution in [3.8, 4) is 0 Å². The summed E-state index contributed by atoms with van der Waals surface area (Å²) in [6, 6.07) is 16.5. The molecule has 4 rings (SSSR count). The van der Waals surface area contributed by atoms with Gasteiger partial charge in [-0.2, -0.15) is 13.2 Å². The predicted molar refractivity (Wildman–Crippen MR) is 160 cm³/mol. The molecule has 4 nitrogen and oxygen atoms in total. The summed E-state index contributed by atoms with van der Waals surface area (Å²) in [4.78, 5) is 4.23. The van der Waals surface area contributed by atoms with E-state index in [1.807, 2.05) is 27.0 Å². The Morgan fingerprint density at radius 1 is 0.923 bits per heavy atom. The Balaban J connectivity index is 0.000000371. The number of nitrogens with one attached hydrogen (secondary N) is 3. The van der Waals surface area contributed by atoms with E-state index in [0.29, 0.717) is 11.9 Å². The smallest absolute Gasteiger partial charge is 0.365 e. The van der Waals surface area contributed by atoms with Crippen molar-refractivity contribution in [2.24, 2.45) is 4.99 Å². The van der Waals surface area contributed by atoms with E-state index >= 15 is 0 Å². The highest BCUT2D eigenvalue weighted by molar-refractivity contribution is 6.00. The maximum absolute atomic E-state index is 13.2. The fourth-order valence-corrected chi connectivity index (χ4v) is 4.38. The van der Waals surface area contributed by atoms with E-state index in [0.717, 1.165) is 43.0 Å². The molecule has 39 heavy (non-hydrogen) atoms. The fourth-order valence-electron chi connectivity index (χ4n) is 4.38. The Morgan fingerprint density at radius 3 is 2.05 bits per heavy atom. The van der Waals surface area contributed by atoms with Crippen LogP contribution in [0.5, 0.6) is 0 Å². The molecule has 2 aromatic rings. The van der Waals surface area contributed by atoms with Gasteiger partial charge in [0.15, 0.2) is 0 Å². The zero-order valence-electron chi connectivity index (χ0n) is 24.9. The number of rotatable bonds is 5. The number of benzene rings is 2. The molecule has 0 fully saturated rings. The van der Waals surface area contributed by atoms with Crippen molar-refractivity contribution >= 4 is 5.84 Å². The summed E-state index contributed by atoms with van der Waals surface area (Å²) in [5.74, 6) is 0.704. The van der Waals surface area contributed by atoms with Crippen LogP contribution in [-0.2, 0) is 6.18 Å². The normalized spacial score (nSPS) is 18.0. The lowest BCUT2D eigenvalue weighted by Gasteiger charge is -2.35. The van der Waals surface area contributed by atoms with Gasteiger partial charge in [-0.25, -0.2) is 0 Å². The van der Waals surface area contributed by atoms with E-state index in [4.69, 9.17) is 0 Å². The quantitative estimate of drug-likeness (QED) is 0.351. The van der Waals surface area contributed by atoms with Crippen molar-refractivity contribution in [1.29, 1.82) is 0 Å². The summed E-state index contributed by atoms with van der Waals surface area (Å²) in [7, 11) is 3.64. The van der Waals surface area contributed by atoms with Crippen molar-refractivity contribution in [1.82, 2.24) is 16.0 Å². The van der Waals surface area contributed by atoms with E-state index in [1.54, 1.807) is 13.1 Å². The van der Waals surface area contributed by atoms with E-state index in [9.17, 15) is 13.2 Å². The highest BCUT2D eigenvalue weighted by Gasteiger charge is 2.37. The Morgan fingerprint density at radius 2 is 1.51 bits per heavy atom. The van der Waals surface area contributed by atoms with Crippen LogP contribution < -0.4 is 16.0 Å². The topological polar surface area (TPSA) is 48.5 Å². The van der Waals surface area contributed by atoms with Crippen molar-refractivity contribution in [2.45, 2.75) is 97.9 Å². The predicted octanol–water partition coefficient (Wildman–Crippen LogP) is 8.94. The Hall–Kier alpha value is -2.80. The SMILES string of the molecule is CC.CCCCC.CN=C1NC(c2ccccc2C(F)(F)F)NC2=C1CCCC2.CNC(C)c1ccccc1. The molecular formula is C32H49F3N4. The van der Waals surface area contributed by atoms with Gasteiger partial charge in [-0.1, -0.05) is 95.5 Å². The summed E-state index contributed by atoms with van der Waals surface area (Å²) in [5.41, 5.74) is 3.05. The largest absolute Gasteiger partial charge is 0.416 e. The maximum Gasteiger partial charge on any atom is 0.416 e. The molecule has 2 aliphatic rings. The summed E-state index contributed by atoms with van der Waals surface area (Å²) >= 11 is 0. The number of allylic oxidation sites excluding steroid dienone is 1. The molecule has 2 aromatic carbocycles. The zero-order valence-corrected chi connectivity index (χ0v) is 24.9. The van der Waals surface area contributed by atoms with E-state index in [1.165, 1.54) is 37.0 Å². The molecule has 0 aromatic heterocycles. The molecule has 0 amide bonds. The molecule has 3 N–H and O–H groups in total. The number of alkyl halides is 3.